The molecule has 0 aliphatic carbocycles. The fraction of sp³-hybridized carbons (Fsp3) is 0.120. The number of hydrazone groups is 1. The van der Waals surface area contributed by atoms with E-state index in [0.717, 1.165) is 22.8 Å². The van der Waals surface area contributed by atoms with Crippen molar-refractivity contribution in [3.05, 3.63) is 114 Å². The Balaban J connectivity index is 1.47. The van der Waals surface area contributed by atoms with Crippen LogP contribution in [0.1, 0.15) is 27.0 Å². The number of amides is 1. The molecule has 0 saturated carbocycles. The molecule has 0 atom stereocenters. The smallest absolute Gasteiger partial charge is 0.271 e. The monoisotopic (exact) mass is 416 g/mol. The zero-order valence-electron chi connectivity index (χ0n) is 16.7. The number of carbonyl (C=O) groups excluding carboxylic acids is 1. The fourth-order valence-corrected chi connectivity index (χ4v) is 3.64. The lowest BCUT2D eigenvalue weighted by molar-refractivity contribution is 0.0955. The number of carbonyl (C=O) groups is 1. The highest BCUT2D eigenvalue weighted by molar-refractivity contribution is 7.97. The van der Waals surface area contributed by atoms with E-state index in [0.29, 0.717) is 12.2 Å². The van der Waals surface area contributed by atoms with Gasteiger partial charge < -0.3 is 4.74 Å². The van der Waals surface area contributed by atoms with Crippen LogP contribution in [0.2, 0.25) is 0 Å². The molecule has 0 aliphatic rings. The molecule has 30 heavy (non-hydrogen) atoms. The van der Waals surface area contributed by atoms with Gasteiger partial charge in [0.15, 0.2) is 0 Å². The first kappa shape index (κ1) is 21.4. The fourth-order valence-electron chi connectivity index (χ4n) is 2.68. The summed E-state index contributed by atoms with van der Waals surface area (Å²) in [6.45, 7) is 4.07. The number of ether oxygens (including phenoxy) is 1. The van der Waals surface area contributed by atoms with Crippen molar-refractivity contribution in [1.29, 1.82) is 0 Å². The highest BCUT2D eigenvalue weighted by Gasteiger charge is 2.04. The van der Waals surface area contributed by atoms with Crippen LogP contribution in [0.25, 0.3) is 0 Å². The van der Waals surface area contributed by atoms with Crippen LogP contribution in [0.4, 0.5) is 0 Å². The molecule has 3 aromatic rings. The number of rotatable bonds is 10. The highest BCUT2D eigenvalue weighted by Crippen LogP contribution is 2.18. The molecule has 3 aromatic carbocycles. The summed E-state index contributed by atoms with van der Waals surface area (Å²) in [5.74, 6) is 2.36. The first-order chi connectivity index (χ1) is 14.7. The van der Waals surface area contributed by atoms with Crippen molar-refractivity contribution in [2.75, 3.05) is 6.61 Å². The third-order valence-corrected chi connectivity index (χ3v) is 5.28. The molecule has 0 unspecified atom stereocenters. The van der Waals surface area contributed by atoms with Crippen molar-refractivity contribution < 1.29 is 9.53 Å². The molecule has 1 amide bonds. The summed E-state index contributed by atoms with van der Waals surface area (Å²) >= 11 is 1.85. The van der Waals surface area contributed by atoms with Crippen LogP contribution in [-0.2, 0) is 11.5 Å². The molecular weight excluding hydrogens is 392 g/mol. The Labute approximate surface area is 181 Å². The zero-order valence-corrected chi connectivity index (χ0v) is 17.5. The minimum atomic E-state index is -0.242. The second-order valence-electron chi connectivity index (χ2n) is 6.55. The number of nitrogens with one attached hydrogen (secondary N) is 1. The summed E-state index contributed by atoms with van der Waals surface area (Å²) < 4.78 is 5.49. The lowest BCUT2D eigenvalue weighted by Crippen LogP contribution is -2.17. The van der Waals surface area contributed by atoms with Crippen LogP contribution in [-0.4, -0.2) is 18.7 Å². The van der Waals surface area contributed by atoms with E-state index in [1.165, 1.54) is 11.1 Å². The molecule has 1 N–H and O–H groups in total. The van der Waals surface area contributed by atoms with Crippen molar-refractivity contribution in [2.24, 2.45) is 5.10 Å². The van der Waals surface area contributed by atoms with E-state index < -0.39 is 0 Å². The van der Waals surface area contributed by atoms with Gasteiger partial charge in [-0.1, -0.05) is 67.3 Å². The Hall–Kier alpha value is -3.31. The molecule has 3 rings (SSSR count). The van der Waals surface area contributed by atoms with Gasteiger partial charge in [0.1, 0.15) is 12.4 Å². The maximum Gasteiger partial charge on any atom is 0.271 e. The summed E-state index contributed by atoms with van der Waals surface area (Å²) in [4.78, 5) is 12.3. The largest absolute Gasteiger partial charge is 0.490 e. The molecule has 5 heteroatoms. The number of hydrogen-bond donors (Lipinski definition) is 1. The van der Waals surface area contributed by atoms with Gasteiger partial charge in [-0.3, -0.25) is 4.79 Å². The summed E-state index contributed by atoms with van der Waals surface area (Å²) in [6, 6.07) is 25.5. The summed E-state index contributed by atoms with van der Waals surface area (Å²) in [5.41, 5.74) is 6.48. The van der Waals surface area contributed by atoms with Gasteiger partial charge in [-0.25, -0.2) is 5.43 Å². The van der Waals surface area contributed by atoms with E-state index in [2.05, 4.69) is 41.4 Å². The summed E-state index contributed by atoms with van der Waals surface area (Å²) in [6.07, 6.45) is 3.28. The average Bonchev–Trinajstić information content (AvgIpc) is 2.79. The highest BCUT2D eigenvalue weighted by atomic mass is 32.2. The minimum Gasteiger partial charge on any atom is -0.490 e. The van der Waals surface area contributed by atoms with Gasteiger partial charge in [0, 0.05) is 17.1 Å². The van der Waals surface area contributed by atoms with Gasteiger partial charge in [0.05, 0.1) is 6.21 Å². The first-order valence-electron chi connectivity index (χ1n) is 9.62. The molecule has 4 nitrogen and oxygen atoms in total. The summed E-state index contributed by atoms with van der Waals surface area (Å²) in [5, 5.41) is 4.04. The predicted molar refractivity (Wildman–Crippen MR) is 125 cm³/mol. The van der Waals surface area contributed by atoms with Crippen LogP contribution in [0.3, 0.4) is 0 Å². The second kappa shape index (κ2) is 11.6. The molecule has 0 heterocycles. The standard InChI is InChI=1S/C25H24N2O2S/c1-2-15-29-24-10-6-9-22(16-24)17-26-27-25(28)23-13-11-21(12-14-23)19-30-18-20-7-4-3-5-8-20/h2-14,16-17H,1,15,18-19H2,(H,27,28)/b26-17+. The van der Waals surface area contributed by atoms with Crippen LogP contribution in [0, 0.1) is 0 Å². The van der Waals surface area contributed by atoms with Gasteiger partial charge in [-0.2, -0.15) is 16.9 Å². The zero-order chi connectivity index (χ0) is 21.0. The maximum atomic E-state index is 12.3. The van der Waals surface area contributed by atoms with Crippen LogP contribution in [0.15, 0.2) is 96.6 Å². The Morgan fingerprint density at radius 3 is 2.43 bits per heavy atom. The van der Waals surface area contributed by atoms with E-state index in [1.54, 1.807) is 12.3 Å². The minimum absolute atomic E-state index is 0.242. The van der Waals surface area contributed by atoms with Crippen molar-refractivity contribution in [3.63, 3.8) is 0 Å². The molecule has 0 fully saturated rings. The van der Waals surface area contributed by atoms with Crippen LogP contribution in [0.5, 0.6) is 5.75 Å². The number of hydrogen-bond acceptors (Lipinski definition) is 4. The molecule has 0 aromatic heterocycles. The van der Waals surface area contributed by atoms with Crippen LogP contribution < -0.4 is 10.2 Å². The molecule has 0 radical (unpaired) electrons. The van der Waals surface area contributed by atoms with E-state index in [9.17, 15) is 4.79 Å². The Kier molecular flexibility index (Phi) is 8.30. The quantitative estimate of drug-likeness (QED) is 0.272. The SMILES string of the molecule is C=CCOc1cccc(/C=N/NC(=O)c2ccc(CSCc3ccccc3)cc2)c1. The molecule has 0 aliphatic heterocycles. The van der Waals surface area contributed by atoms with E-state index >= 15 is 0 Å². The molecule has 0 saturated heterocycles. The maximum absolute atomic E-state index is 12.3. The predicted octanol–water partition coefficient (Wildman–Crippen LogP) is 5.45. The van der Waals surface area contributed by atoms with E-state index in [-0.39, 0.29) is 5.91 Å². The molecule has 0 bridgehead atoms. The van der Waals surface area contributed by atoms with Gasteiger partial charge >= 0.3 is 0 Å². The first-order valence-corrected chi connectivity index (χ1v) is 10.8. The van der Waals surface area contributed by atoms with Gasteiger partial charge in [0.25, 0.3) is 5.91 Å². The Bertz CT molecular complexity index is 986. The van der Waals surface area contributed by atoms with E-state index in [4.69, 9.17) is 4.74 Å². The van der Waals surface area contributed by atoms with Gasteiger partial charge in [-0.15, -0.1) is 0 Å². The van der Waals surface area contributed by atoms with Crippen molar-refractivity contribution in [2.45, 2.75) is 11.5 Å². The third kappa shape index (κ3) is 6.94. The van der Waals surface area contributed by atoms with Crippen molar-refractivity contribution in [3.8, 4) is 5.75 Å². The topological polar surface area (TPSA) is 50.7 Å². The number of thioether (sulfide) groups is 1. The van der Waals surface area contributed by atoms with Crippen molar-refractivity contribution in [1.82, 2.24) is 5.43 Å². The molecular formula is C25H24N2O2S. The average molecular weight is 417 g/mol. The Morgan fingerprint density at radius 1 is 0.967 bits per heavy atom. The van der Waals surface area contributed by atoms with Crippen molar-refractivity contribution >= 4 is 23.9 Å². The number of benzene rings is 3. The molecule has 0 spiro atoms. The lowest BCUT2D eigenvalue weighted by Gasteiger charge is -2.05. The third-order valence-electron chi connectivity index (χ3n) is 4.20. The van der Waals surface area contributed by atoms with Gasteiger partial charge in [0.2, 0.25) is 0 Å². The Morgan fingerprint density at radius 2 is 1.70 bits per heavy atom. The molecule has 152 valence electrons. The normalized spacial score (nSPS) is 10.7. The lowest BCUT2D eigenvalue weighted by atomic mass is 10.1. The van der Waals surface area contributed by atoms with Gasteiger partial charge in [-0.05, 0) is 41.0 Å². The van der Waals surface area contributed by atoms with Crippen LogP contribution >= 0.6 is 11.8 Å². The second-order valence-corrected chi connectivity index (χ2v) is 7.53. The van der Waals surface area contributed by atoms with E-state index in [1.807, 2.05) is 66.4 Å². The number of nitrogens with zero attached hydrogens (tertiary/aromatic N) is 1. The summed E-state index contributed by atoms with van der Waals surface area (Å²) in [7, 11) is 0.